The average Bonchev–Trinajstić information content (AvgIpc) is 2.16. The van der Waals surface area contributed by atoms with Crippen LogP contribution in [0.15, 0.2) is 24.8 Å². The standard InChI is InChI=1S/C11H15O4/c1-5-9(13)11(4,6-7-12)15-10(14)8(2)3/h5,12H,1-2,4,6-7H2,3H3. The van der Waals surface area contributed by atoms with Gasteiger partial charge in [0.05, 0.1) is 0 Å². The molecule has 0 aromatic carbocycles. The zero-order chi connectivity index (χ0) is 12.1. The summed E-state index contributed by atoms with van der Waals surface area (Å²) in [5.74, 6) is -1.26. The molecule has 0 heterocycles. The molecule has 0 aliphatic heterocycles. The molecule has 0 spiro atoms. The molecule has 0 bridgehead atoms. The first-order chi connectivity index (χ1) is 6.87. The van der Waals surface area contributed by atoms with Gasteiger partial charge < -0.3 is 9.84 Å². The highest BCUT2D eigenvalue weighted by molar-refractivity contribution is 6.00. The van der Waals surface area contributed by atoms with Crippen LogP contribution in [0.1, 0.15) is 13.3 Å². The van der Waals surface area contributed by atoms with Gasteiger partial charge in [0.1, 0.15) is 0 Å². The molecule has 0 saturated heterocycles. The largest absolute Gasteiger partial charge is 0.447 e. The van der Waals surface area contributed by atoms with Gasteiger partial charge >= 0.3 is 5.97 Å². The van der Waals surface area contributed by atoms with Crippen LogP contribution in [0, 0.1) is 6.92 Å². The van der Waals surface area contributed by atoms with Crippen LogP contribution in [-0.2, 0) is 14.3 Å². The quantitative estimate of drug-likeness (QED) is 0.521. The Balaban J connectivity index is 4.80. The monoisotopic (exact) mass is 211 g/mol. The number of carbonyl (C=O) groups is 2. The minimum absolute atomic E-state index is 0.0725. The SMILES string of the molecule is [CH2]C(CCO)(OC(=O)C(=C)C)C(=O)C=C. The first-order valence-corrected chi connectivity index (χ1v) is 4.39. The maximum atomic E-state index is 11.4. The summed E-state index contributed by atoms with van der Waals surface area (Å²) < 4.78 is 4.86. The number of aliphatic hydroxyl groups excluding tert-OH is 1. The first kappa shape index (κ1) is 13.6. The van der Waals surface area contributed by atoms with Crippen molar-refractivity contribution in [3.05, 3.63) is 31.7 Å². The van der Waals surface area contributed by atoms with Gasteiger partial charge in [-0.2, -0.15) is 0 Å². The number of rotatable bonds is 6. The van der Waals surface area contributed by atoms with Crippen LogP contribution in [-0.4, -0.2) is 29.1 Å². The smallest absolute Gasteiger partial charge is 0.334 e. The molecule has 1 unspecified atom stereocenters. The van der Waals surface area contributed by atoms with E-state index in [4.69, 9.17) is 9.84 Å². The fourth-order valence-electron chi connectivity index (χ4n) is 0.856. The first-order valence-electron chi connectivity index (χ1n) is 4.39. The van der Waals surface area contributed by atoms with E-state index in [0.29, 0.717) is 0 Å². The van der Waals surface area contributed by atoms with Gasteiger partial charge in [0, 0.05) is 18.6 Å². The minimum atomic E-state index is -1.60. The molecular weight excluding hydrogens is 196 g/mol. The zero-order valence-corrected chi connectivity index (χ0v) is 8.78. The third-order valence-electron chi connectivity index (χ3n) is 1.79. The van der Waals surface area contributed by atoms with Crippen molar-refractivity contribution in [1.29, 1.82) is 0 Å². The topological polar surface area (TPSA) is 63.6 Å². The fourth-order valence-corrected chi connectivity index (χ4v) is 0.856. The third kappa shape index (κ3) is 3.67. The van der Waals surface area contributed by atoms with E-state index >= 15 is 0 Å². The molecule has 4 heteroatoms. The highest BCUT2D eigenvalue weighted by Gasteiger charge is 2.35. The molecule has 83 valence electrons. The lowest BCUT2D eigenvalue weighted by molar-refractivity contribution is -0.158. The van der Waals surface area contributed by atoms with Gasteiger partial charge in [-0.15, -0.1) is 0 Å². The number of hydrogen-bond acceptors (Lipinski definition) is 4. The van der Waals surface area contributed by atoms with E-state index in [2.05, 4.69) is 20.1 Å². The Kier molecular flexibility index (Phi) is 4.94. The Morgan fingerprint density at radius 2 is 2.07 bits per heavy atom. The molecule has 1 atom stereocenters. The number of ether oxygens (including phenoxy) is 1. The summed E-state index contributed by atoms with van der Waals surface area (Å²) in [5.41, 5.74) is -1.44. The van der Waals surface area contributed by atoms with Crippen LogP contribution in [0.2, 0.25) is 0 Å². The second-order valence-corrected chi connectivity index (χ2v) is 3.21. The molecule has 1 radical (unpaired) electrons. The van der Waals surface area contributed by atoms with Gasteiger partial charge in [-0.25, -0.2) is 4.79 Å². The zero-order valence-electron chi connectivity index (χ0n) is 8.78. The molecule has 0 aliphatic carbocycles. The second kappa shape index (κ2) is 5.46. The highest BCUT2D eigenvalue weighted by Crippen LogP contribution is 2.18. The molecule has 0 amide bonds. The van der Waals surface area contributed by atoms with Gasteiger partial charge in [-0.1, -0.05) is 13.2 Å². The van der Waals surface area contributed by atoms with Gasteiger partial charge in [-0.05, 0) is 19.9 Å². The van der Waals surface area contributed by atoms with E-state index in [1.54, 1.807) is 0 Å². The van der Waals surface area contributed by atoms with E-state index in [1.165, 1.54) is 6.92 Å². The van der Waals surface area contributed by atoms with E-state index in [0.717, 1.165) is 6.08 Å². The van der Waals surface area contributed by atoms with Crippen molar-refractivity contribution in [1.82, 2.24) is 0 Å². The maximum absolute atomic E-state index is 11.4. The average molecular weight is 211 g/mol. The molecule has 0 fully saturated rings. The summed E-state index contributed by atoms with van der Waals surface area (Å²) in [5, 5.41) is 8.76. The van der Waals surface area contributed by atoms with Crippen molar-refractivity contribution in [2.24, 2.45) is 0 Å². The normalized spacial score (nSPS) is 13.8. The van der Waals surface area contributed by atoms with Gasteiger partial charge in [0.2, 0.25) is 0 Å². The lowest BCUT2D eigenvalue weighted by Crippen LogP contribution is -2.40. The summed E-state index contributed by atoms with van der Waals surface area (Å²) in [7, 11) is 0. The number of ketones is 1. The molecule has 0 aromatic rings. The van der Waals surface area contributed by atoms with Crippen LogP contribution >= 0.6 is 0 Å². The Labute approximate surface area is 89.2 Å². The van der Waals surface area contributed by atoms with Crippen molar-refractivity contribution >= 4 is 11.8 Å². The number of carbonyl (C=O) groups excluding carboxylic acids is 2. The number of esters is 1. The van der Waals surface area contributed by atoms with Crippen LogP contribution < -0.4 is 0 Å². The van der Waals surface area contributed by atoms with E-state index < -0.39 is 17.4 Å². The molecule has 1 N–H and O–H groups in total. The highest BCUT2D eigenvalue weighted by atomic mass is 16.6. The maximum Gasteiger partial charge on any atom is 0.334 e. The van der Waals surface area contributed by atoms with Crippen molar-refractivity contribution in [2.75, 3.05) is 6.61 Å². The summed E-state index contributed by atoms with van der Waals surface area (Å²) in [4.78, 5) is 22.6. The molecule has 0 aromatic heterocycles. The molecule has 0 saturated carbocycles. The van der Waals surface area contributed by atoms with Gasteiger partial charge in [-0.3, -0.25) is 4.79 Å². The fraction of sp³-hybridized carbons (Fsp3) is 0.364. The predicted octanol–water partition coefficient (Wildman–Crippen LogP) is 0.816. The van der Waals surface area contributed by atoms with E-state index in [-0.39, 0.29) is 18.6 Å². The minimum Gasteiger partial charge on any atom is -0.447 e. The van der Waals surface area contributed by atoms with Crippen molar-refractivity contribution in [2.45, 2.75) is 18.9 Å². The summed E-state index contributed by atoms with van der Waals surface area (Å²) in [6.45, 7) is 11.3. The van der Waals surface area contributed by atoms with Crippen LogP contribution in [0.3, 0.4) is 0 Å². The Bertz CT molecular complexity index is 293. The molecular formula is C11H15O4. The van der Waals surface area contributed by atoms with Gasteiger partial charge in [0.15, 0.2) is 11.4 Å². The molecule has 15 heavy (non-hydrogen) atoms. The van der Waals surface area contributed by atoms with Crippen LogP contribution in [0.4, 0.5) is 0 Å². The number of aliphatic hydroxyl groups is 1. The van der Waals surface area contributed by atoms with E-state index in [9.17, 15) is 9.59 Å². The molecule has 0 rings (SSSR count). The Hall–Kier alpha value is -1.42. The van der Waals surface area contributed by atoms with Crippen molar-refractivity contribution < 1.29 is 19.4 Å². The Morgan fingerprint density at radius 3 is 2.40 bits per heavy atom. The van der Waals surface area contributed by atoms with E-state index in [1.807, 2.05) is 0 Å². The predicted molar refractivity (Wildman–Crippen MR) is 55.9 cm³/mol. The van der Waals surface area contributed by atoms with Crippen LogP contribution in [0.5, 0.6) is 0 Å². The van der Waals surface area contributed by atoms with Crippen molar-refractivity contribution in [3.63, 3.8) is 0 Å². The lowest BCUT2D eigenvalue weighted by atomic mass is 9.96. The Morgan fingerprint density at radius 1 is 1.53 bits per heavy atom. The van der Waals surface area contributed by atoms with Crippen LogP contribution in [0.25, 0.3) is 0 Å². The molecule has 0 aliphatic rings. The third-order valence-corrected chi connectivity index (χ3v) is 1.79. The molecule has 4 nitrogen and oxygen atoms in total. The summed E-state index contributed by atoms with van der Waals surface area (Å²) >= 11 is 0. The lowest BCUT2D eigenvalue weighted by Gasteiger charge is -2.25. The summed E-state index contributed by atoms with van der Waals surface area (Å²) in [6, 6.07) is 0. The summed E-state index contributed by atoms with van der Waals surface area (Å²) in [6.07, 6.45) is 0.936. The number of hydrogen-bond donors (Lipinski definition) is 1. The van der Waals surface area contributed by atoms with Gasteiger partial charge in [0.25, 0.3) is 0 Å². The second-order valence-electron chi connectivity index (χ2n) is 3.21. The van der Waals surface area contributed by atoms with Crippen molar-refractivity contribution in [3.8, 4) is 0 Å².